The summed E-state index contributed by atoms with van der Waals surface area (Å²) < 4.78 is 56.6. The van der Waals surface area contributed by atoms with Crippen LogP contribution < -0.4 is 4.74 Å². The van der Waals surface area contributed by atoms with E-state index in [0.29, 0.717) is 36.8 Å². The molecule has 1 atom stereocenters. The number of rotatable bonds is 6. The van der Waals surface area contributed by atoms with E-state index in [1.165, 1.54) is 7.11 Å². The summed E-state index contributed by atoms with van der Waals surface area (Å²) in [6.07, 6.45) is 8.28. The van der Waals surface area contributed by atoms with Gasteiger partial charge in [-0.3, -0.25) is 0 Å². The van der Waals surface area contributed by atoms with Gasteiger partial charge in [0, 0.05) is 19.9 Å². The minimum Gasteiger partial charge on any atom is -0.495 e. The third-order valence-corrected chi connectivity index (χ3v) is 6.37. The quantitative estimate of drug-likeness (QED) is 0.350. The van der Waals surface area contributed by atoms with Gasteiger partial charge in [-0.2, -0.15) is 5.10 Å². The van der Waals surface area contributed by atoms with E-state index in [-0.39, 0.29) is 5.56 Å². The molecule has 0 spiro atoms. The summed E-state index contributed by atoms with van der Waals surface area (Å²) in [4.78, 5) is 8.87. The highest BCUT2D eigenvalue weighted by molar-refractivity contribution is 5.69. The number of aromatic nitrogens is 5. The fraction of sp³-hybridized carbons (Fsp3) is 0.269. The van der Waals surface area contributed by atoms with Crippen LogP contribution in [0.15, 0.2) is 42.9 Å². The van der Waals surface area contributed by atoms with Crippen LogP contribution in [-0.4, -0.2) is 38.5 Å². The van der Waals surface area contributed by atoms with Crippen LogP contribution in [0.2, 0.25) is 0 Å². The van der Waals surface area contributed by atoms with Crippen molar-refractivity contribution in [1.29, 1.82) is 0 Å². The Labute approximate surface area is 205 Å². The van der Waals surface area contributed by atoms with Crippen molar-refractivity contribution in [1.82, 2.24) is 24.3 Å². The van der Waals surface area contributed by atoms with Crippen LogP contribution in [0.4, 0.5) is 13.2 Å². The molecule has 10 heteroatoms. The van der Waals surface area contributed by atoms with Crippen LogP contribution in [0, 0.1) is 24.4 Å². The van der Waals surface area contributed by atoms with Gasteiger partial charge in [-0.25, -0.2) is 27.8 Å². The largest absolute Gasteiger partial charge is 0.495 e. The molecule has 2 aromatic carbocycles. The van der Waals surface area contributed by atoms with Crippen molar-refractivity contribution >= 4 is 12.2 Å². The number of methoxy groups -OCH3 is 2. The van der Waals surface area contributed by atoms with E-state index >= 15 is 0 Å². The zero-order valence-electron chi connectivity index (χ0n) is 20.0. The molecular weight excluding hydrogens is 471 g/mol. The van der Waals surface area contributed by atoms with Gasteiger partial charge in [-0.05, 0) is 61.2 Å². The molecule has 0 saturated heterocycles. The maximum absolute atomic E-state index is 14.1. The van der Waals surface area contributed by atoms with E-state index in [9.17, 15) is 13.2 Å². The number of imidazole rings is 1. The van der Waals surface area contributed by atoms with E-state index in [4.69, 9.17) is 9.47 Å². The fourth-order valence-corrected chi connectivity index (χ4v) is 4.58. The monoisotopic (exact) mass is 495 g/mol. The topological polar surface area (TPSA) is 67.0 Å². The summed E-state index contributed by atoms with van der Waals surface area (Å²) in [5, 5.41) is 4.54. The lowest BCUT2D eigenvalue weighted by molar-refractivity contribution is -0.0101. The zero-order chi connectivity index (χ0) is 25.4. The van der Waals surface area contributed by atoms with E-state index in [1.807, 2.05) is 42.0 Å². The van der Waals surface area contributed by atoms with Crippen LogP contribution in [0.3, 0.4) is 0 Å². The molecule has 5 rings (SSSR count). The average Bonchev–Trinajstić information content (AvgIpc) is 3.51. The van der Waals surface area contributed by atoms with Gasteiger partial charge < -0.3 is 14.0 Å². The molecular formula is C26H24F3N5O2. The van der Waals surface area contributed by atoms with Gasteiger partial charge in [0.05, 0.1) is 24.8 Å². The highest BCUT2D eigenvalue weighted by atomic mass is 19.2. The zero-order valence-corrected chi connectivity index (χ0v) is 20.0. The summed E-state index contributed by atoms with van der Waals surface area (Å²) in [6.45, 7) is 2.49. The standard InChI is InChI=1S/C26H24F3N5O2/c1-16-14-33(15-30-16)21-7-5-17(11-22(21)35-2)6-8-23-31-25-26(36-3,9-4-10-34(25)32-23)18-12-19(27)24(29)20(28)13-18/h5-8,11-15H,4,9-10H2,1-3H3/t26-/m1/s1. The van der Waals surface area contributed by atoms with Crippen molar-refractivity contribution < 1.29 is 22.6 Å². The van der Waals surface area contributed by atoms with Gasteiger partial charge >= 0.3 is 0 Å². The Bertz CT molecular complexity index is 1440. The van der Waals surface area contributed by atoms with Crippen LogP contribution in [0.1, 0.15) is 41.3 Å². The lowest BCUT2D eigenvalue weighted by atomic mass is 9.85. The van der Waals surface area contributed by atoms with Gasteiger partial charge in [0.15, 0.2) is 34.7 Å². The number of fused-ring (bicyclic) bond motifs is 1. The first-order valence-electron chi connectivity index (χ1n) is 11.4. The van der Waals surface area contributed by atoms with Gasteiger partial charge in [-0.1, -0.05) is 12.1 Å². The Morgan fingerprint density at radius 3 is 2.50 bits per heavy atom. The summed E-state index contributed by atoms with van der Waals surface area (Å²) in [5.74, 6) is -2.59. The molecule has 0 radical (unpaired) electrons. The van der Waals surface area contributed by atoms with E-state index < -0.39 is 23.1 Å². The predicted molar refractivity (Wildman–Crippen MR) is 127 cm³/mol. The molecule has 0 aliphatic carbocycles. The Hall–Kier alpha value is -3.92. The van der Waals surface area contributed by atoms with Crippen molar-refractivity contribution in [3.05, 3.63) is 88.8 Å². The molecule has 4 aromatic rings. The normalized spacial score (nSPS) is 17.5. The number of hydrogen-bond donors (Lipinski definition) is 0. The van der Waals surface area contributed by atoms with Crippen molar-refractivity contribution in [2.75, 3.05) is 14.2 Å². The van der Waals surface area contributed by atoms with Gasteiger partial charge in [0.25, 0.3) is 0 Å². The Morgan fingerprint density at radius 1 is 1.06 bits per heavy atom. The molecule has 0 bridgehead atoms. The van der Waals surface area contributed by atoms with E-state index in [2.05, 4.69) is 15.1 Å². The molecule has 1 aliphatic heterocycles. The second kappa shape index (κ2) is 9.27. The molecule has 186 valence electrons. The second-order valence-corrected chi connectivity index (χ2v) is 8.59. The predicted octanol–water partition coefficient (Wildman–Crippen LogP) is 5.05. The SMILES string of the molecule is COc1cc(C=Cc2nc3n(n2)CCC[C@@]3(OC)c2cc(F)c(F)c(F)c2)ccc1-n1cnc(C)c1. The molecule has 0 fully saturated rings. The second-order valence-electron chi connectivity index (χ2n) is 8.59. The number of nitrogens with zero attached hydrogens (tertiary/aromatic N) is 5. The number of ether oxygens (including phenoxy) is 2. The average molecular weight is 496 g/mol. The molecule has 3 heterocycles. The van der Waals surface area contributed by atoms with Crippen LogP contribution in [0.25, 0.3) is 17.8 Å². The van der Waals surface area contributed by atoms with E-state index in [0.717, 1.165) is 29.1 Å². The highest BCUT2D eigenvalue weighted by Crippen LogP contribution is 2.40. The molecule has 0 saturated carbocycles. The lowest BCUT2D eigenvalue weighted by Crippen LogP contribution is -2.38. The van der Waals surface area contributed by atoms with Crippen LogP contribution in [-0.2, 0) is 16.9 Å². The van der Waals surface area contributed by atoms with Crippen molar-refractivity contribution in [2.24, 2.45) is 0 Å². The summed E-state index contributed by atoms with van der Waals surface area (Å²) >= 11 is 0. The van der Waals surface area contributed by atoms with Crippen molar-refractivity contribution in [2.45, 2.75) is 31.9 Å². The first-order chi connectivity index (χ1) is 17.3. The third-order valence-electron chi connectivity index (χ3n) is 6.37. The van der Waals surface area contributed by atoms with Crippen molar-refractivity contribution in [3.8, 4) is 11.4 Å². The number of aryl methyl sites for hydroxylation is 2. The Balaban J connectivity index is 1.48. The minimum absolute atomic E-state index is 0.153. The van der Waals surface area contributed by atoms with Gasteiger partial charge in [-0.15, -0.1) is 0 Å². The molecule has 2 aromatic heterocycles. The highest BCUT2D eigenvalue weighted by Gasteiger charge is 2.43. The Morgan fingerprint density at radius 2 is 1.83 bits per heavy atom. The number of hydrogen-bond acceptors (Lipinski definition) is 5. The molecule has 0 N–H and O–H groups in total. The smallest absolute Gasteiger partial charge is 0.194 e. The maximum atomic E-state index is 14.1. The summed E-state index contributed by atoms with van der Waals surface area (Å²) in [5.41, 5.74) is 1.52. The molecule has 1 aliphatic rings. The van der Waals surface area contributed by atoms with E-state index in [1.54, 1.807) is 24.2 Å². The molecule has 0 amide bonds. The first-order valence-corrected chi connectivity index (χ1v) is 11.4. The minimum atomic E-state index is -1.52. The number of halogens is 3. The maximum Gasteiger partial charge on any atom is 0.194 e. The van der Waals surface area contributed by atoms with Crippen LogP contribution in [0.5, 0.6) is 5.75 Å². The first kappa shape index (κ1) is 23.8. The number of benzene rings is 2. The fourth-order valence-electron chi connectivity index (χ4n) is 4.58. The summed E-state index contributed by atoms with van der Waals surface area (Å²) in [6, 6.07) is 7.66. The lowest BCUT2D eigenvalue weighted by Gasteiger charge is -2.35. The van der Waals surface area contributed by atoms with Crippen molar-refractivity contribution in [3.63, 3.8) is 0 Å². The van der Waals surface area contributed by atoms with Crippen LogP contribution >= 0.6 is 0 Å². The molecule has 7 nitrogen and oxygen atoms in total. The molecule has 36 heavy (non-hydrogen) atoms. The summed E-state index contributed by atoms with van der Waals surface area (Å²) in [7, 11) is 3.04. The molecule has 0 unspecified atom stereocenters. The third kappa shape index (κ3) is 4.07. The van der Waals surface area contributed by atoms with Gasteiger partial charge in [0.1, 0.15) is 5.75 Å². The van der Waals surface area contributed by atoms with Gasteiger partial charge in [0.2, 0.25) is 0 Å². The Kier molecular flexibility index (Phi) is 6.13.